The number of carbonyl (C=O) groups excluding carboxylic acids is 1. The summed E-state index contributed by atoms with van der Waals surface area (Å²) in [6.45, 7) is 4.25. The second-order valence-electron chi connectivity index (χ2n) is 3.54. The van der Waals surface area contributed by atoms with E-state index in [0.717, 1.165) is 17.8 Å². The highest BCUT2D eigenvalue weighted by atomic mass is 32.1. The summed E-state index contributed by atoms with van der Waals surface area (Å²) in [7, 11) is 1.36. The maximum atomic E-state index is 11.4. The van der Waals surface area contributed by atoms with Gasteiger partial charge in [0.05, 0.1) is 17.8 Å². The number of nitrogens with one attached hydrogen (secondary N) is 1. The maximum Gasteiger partial charge on any atom is 0.350 e. The molecule has 0 aromatic carbocycles. The van der Waals surface area contributed by atoms with Gasteiger partial charge in [-0.25, -0.2) is 4.79 Å². The van der Waals surface area contributed by atoms with Gasteiger partial charge >= 0.3 is 5.97 Å². The van der Waals surface area contributed by atoms with Crippen LogP contribution in [0.3, 0.4) is 0 Å². The zero-order valence-corrected chi connectivity index (χ0v) is 10.7. The normalized spacial score (nSPS) is 10.5. The second-order valence-corrected chi connectivity index (χ2v) is 4.60. The molecule has 90 valence electrons. The van der Waals surface area contributed by atoms with E-state index in [2.05, 4.69) is 23.9 Å². The topological polar surface area (TPSA) is 64.3 Å². The number of ether oxygens (including phenoxy) is 1. The molecule has 5 heteroatoms. The smallest absolute Gasteiger partial charge is 0.350 e. The SMILES string of the molecule is CCC(CC)Nc1cc(N)c(C(=O)OC)s1. The first-order chi connectivity index (χ1) is 7.62. The van der Waals surface area contributed by atoms with Crippen molar-refractivity contribution in [1.82, 2.24) is 0 Å². The van der Waals surface area contributed by atoms with Crippen molar-refractivity contribution in [3.05, 3.63) is 10.9 Å². The van der Waals surface area contributed by atoms with Gasteiger partial charge in [0.25, 0.3) is 0 Å². The molecule has 0 bridgehead atoms. The van der Waals surface area contributed by atoms with Crippen LogP contribution in [-0.2, 0) is 4.74 Å². The van der Waals surface area contributed by atoms with Crippen LogP contribution in [0.2, 0.25) is 0 Å². The third-order valence-corrected chi connectivity index (χ3v) is 3.53. The van der Waals surface area contributed by atoms with Crippen molar-refractivity contribution in [2.24, 2.45) is 0 Å². The van der Waals surface area contributed by atoms with Gasteiger partial charge in [-0.2, -0.15) is 0 Å². The Morgan fingerprint density at radius 1 is 1.56 bits per heavy atom. The maximum absolute atomic E-state index is 11.4. The van der Waals surface area contributed by atoms with Gasteiger partial charge in [-0.1, -0.05) is 13.8 Å². The molecular weight excluding hydrogens is 224 g/mol. The van der Waals surface area contributed by atoms with Gasteiger partial charge in [0, 0.05) is 6.04 Å². The van der Waals surface area contributed by atoms with Gasteiger partial charge in [0.15, 0.2) is 0 Å². The average molecular weight is 242 g/mol. The van der Waals surface area contributed by atoms with Gasteiger partial charge in [-0.3, -0.25) is 0 Å². The number of nitrogen functional groups attached to an aromatic ring is 1. The summed E-state index contributed by atoms with van der Waals surface area (Å²) in [5.74, 6) is -0.375. The number of esters is 1. The fourth-order valence-corrected chi connectivity index (χ4v) is 2.40. The summed E-state index contributed by atoms with van der Waals surface area (Å²) in [4.78, 5) is 11.8. The van der Waals surface area contributed by atoms with Crippen LogP contribution in [0.4, 0.5) is 10.7 Å². The predicted molar refractivity (Wildman–Crippen MR) is 68.1 cm³/mol. The van der Waals surface area contributed by atoms with Crippen molar-refractivity contribution in [2.45, 2.75) is 32.7 Å². The summed E-state index contributed by atoms with van der Waals surface area (Å²) >= 11 is 1.34. The van der Waals surface area contributed by atoms with Gasteiger partial charge in [0.2, 0.25) is 0 Å². The molecule has 0 fully saturated rings. The summed E-state index contributed by atoms with van der Waals surface area (Å²) in [5.41, 5.74) is 6.22. The minimum Gasteiger partial charge on any atom is -0.465 e. The number of carbonyl (C=O) groups is 1. The molecule has 4 nitrogen and oxygen atoms in total. The molecular formula is C11H18N2O2S. The van der Waals surface area contributed by atoms with Crippen molar-refractivity contribution >= 4 is 28.0 Å². The van der Waals surface area contributed by atoms with E-state index in [1.807, 2.05) is 0 Å². The van der Waals surface area contributed by atoms with Crippen molar-refractivity contribution < 1.29 is 9.53 Å². The molecule has 16 heavy (non-hydrogen) atoms. The Kier molecular flexibility index (Phi) is 4.61. The first-order valence-corrected chi connectivity index (χ1v) is 6.18. The fourth-order valence-electron chi connectivity index (χ4n) is 1.42. The highest BCUT2D eigenvalue weighted by Gasteiger charge is 2.15. The summed E-state index contributed by atoms with van der Waals surface area (Å²) in [6, 6.07) is 2.21. The molecule has 1 heterocycles. The molecule has 0 saturated carbocycles. The van der Waals surface area contributed by atoms with Crippen LogP contribution in [0, 0.1) is 0 Å². The lowest BCUT2D eigenvalue weighted by Crippen LogP contribution is -2.15. The molecule has 0 atom stereocenters. The number of thiophene rings is 1. The van der Waals surface area contributed by atoms with Crippen molar-refractivity contribution in [2.75, 3.05) is 18.2 Å². The van der Waals surface area contributed by atoms with E-state index < -0.39 is 0 Å². The first-order valence-electron chi connectivity index (χ1n) is 5.36. The zero-order chi connectivity index (χ0) is 12.1. The van der Waals surface area contributed by atoms with Crippen LogP contribution in [0.5, 0.6) is 0 Å². The number of hydrogen-bond acceptors (Lipinski definition) is 5. The molecule has 1 aromatic rings. The molecule has 0 radical (unpaired) electrons. The highest BCUT2D eigenvalue weighted by molar-refractivity contribution is 7.18. The first kappa shape index (κ1) is 12.8. The van der Waals surface area contributed by atoms with Crippen LogP contribution >= 0.6 is 11.3 Å². The van der Waals surface area contributed by atoms with Crippen LogP contribution < -0.4 is 11.1 Å². The molecule has 1 rings (SSSR count). The summed E-state index contributed by atoms with van der Waals surface area (Å²) in [5, 5.41) is 4.27. The molecule has 0 unspecified atom stereocenters. The van der Waals surface area contributed by atoms with E-state index in [9.17, 15) is 4.79 Å². The van der Waals surface area contributed by atoms with Crippen molar-refractivity contribution in [3.8, 4) is 0 Å². The summed E-state index contributed by atoms with van der Waals surface area (Å²) < 4.78 is 4.65. The van der Waals surface area contributed by atoms with Gasteiger partial charge in [-0.05, 0) is 18.9 Å². The quantitative estimate of drug-likeness (QED) is 0.779. The highest BCUT2D eigenvalue weighted by Crippen LogP contribution is 2.30. The zero-order valence-electron chi connectivity index (χ0n) is 9.87. The van der Waals surface area contributed by atoms with Crippen LogP contribution in [0.1, 0.15) is 36.4 Å². The van der Waals surface area contributed by atoms with E-state index in [1.54, 1.807) is 6.07 Å². The Hall–Kier alpha value is -1.23. The van der Waals surface area contributed by atoms with Crippen molar-refractivity contribution in [3.63, 3.8) is 0 Å². The number of nitrogens with two attached hydrogens (primary N) is 1. The Morgan fingerprint density at radius 3 is 2.69 bits per heavy atom. The predicted octanol–water partition coefficient (Wildman–Crippen LogP) is 2.72. The minimum absolute atomic E-state index is 0.375. The lowest BCUT2D eigenvalue weighted by molar-refractivity contribution is 0.0607. The van der Waals surface area contributed by atoms with E-state index in [-0.39, 0.29) is 5.97 Å². The molecule has 3 N–H and O–H groups in total. The molecule has 0 aliphatic heterocycles. The number of rotatable bonds is 5. The second kappa shape index (κ2) is 5.75. The number of anilines is 2. The fraction of sp³-hybridized carbons (Fsp3) is 0.545. The Morgan fingerprint density at radius 2 is 2.19 bits per heavy atom. The van der Waals surface area contributed by atoms with Gasteiger partial charge in [0.1, 0.15) is 4.88 Å². The van der Waals surface area contributed by atoms with E-state index in [1.165, 1.54) is 18.4 Å². The van der Waals surface area contributed by atoms with Crippen LogP contribution in [0.25, 0.3) is 0 Å². The average Bonchev–Trinajstić information content (AvgIpc) is 2.66. The van der Waals surface area contributed by atoms with Crippen molar-refractivity contribution in [1.29, 1.82) is 0 Å². The monoisotopic (exact) mass is 242 g/mol. The molecule has 1 aromatic heterocycles. The third kappa shape index (κ3) is 2.88. The molecule has 0 spiro atoms. The Balaban J connectivity index is 2.80. The largest absolute Gasteiger partial charge is 0.465 e. The lowest BCUT2D eigenvalue weighted by Gasteiger charge is -2.13. The Labute approximate surface area is 99.8 Å². The van der Waals surface area contributed by atoms with E-state index in [0.29, 0.717) is 16.6 Å². The minimum atomic E-state index is -0.375. The lowest BCUT2D eigenvalue weighted by atomic mass is 10.2. The third-order valence-electron chi connectivity index (χ3n) is 2.46. The van der Waals surface area contributed by atoms with Crippen LogP contribution in [-0.4, -0.2) is 19.1 Å². The molecule has 0 aliphatic rings. The van der Waals surface area contributed by atoms with Gasteiger partial charge in [-0.15, -0.1) is 11.3 Å². The molecule has 0 aliphatic carbocycles. The van der Waals surface area contributed by atoms with E-state index in [4.69, 9.17) is 5.73 Å². The number of hydrogen-bond donors (Lipinski definition) is 2. The van der Waals surface area contributed by atoms with Gasteiger partial charge < -0.3 is 15.8 Å². The number of methoxy groups -OCH3 is 1. The summed E-state index contributed by atoms with van der Waals surface area (Å²) in [6.07, 6.45) is 2.09. The molecule has 0 amide bonds. The van der Waals surface area contributed by atoms with Crippen LogP contribution in [0.15, 0.2) is 6.07 Å². The Bertz CT molecular complexity index is 359. The standard InChI is InChI=1S/C11H18N2O2S/c1-4-7(5-2)13-9-6-8(12)10(16-9)11(14)15-3/h6-7,13H,4-5,12H2,1-3H3. The molecule has 0 saturated heterocycles. The van der Waals surface area contributed by atoms with E-state index >= 15 is 0 Å².